The lowest BCUT2D eigenvalue weighted by atomic mass is 9.79. The van der Waals surface area contributed by atoms with E-state index in [0.29, 0.717) is 18.4 Å². The molecule has 1 amide bonds. The molecule has 1 aliphatic heterocycles. The SMILES string of the molecule is CC1(C)CC(NC(=O)c2ccccc2)CC(C)(C)[NH+]1[O-]. The van der Waals surface area contributed by atoms with Crippen LogP contribution in [0.1, 0.15) is 50.9 Å². The Bertz CT molecular complexity index is 465. The van der Waals surface area contributed by atoms with E-state index in [9.17, 15) is 10.0 Å². The second kappa shape index (κ2) is 5.19. The first-order chi connectivity index (χ1) is 9.22. The highest BCUT2D eigenvalue weighted by molar-refractivity contribution is 5.94. The van der Waals surface area contributed by atoms with Gasteiger partial charge in [0, 0.05) is 24.4 Å². The number of rotatable bonds is 2. The van der Waals surface area contributed by atoms with Gasteiger partial charge in [-0.2, -0.15) is 0 Å². The van der Waals surface area contributed by atoms with Crippen molar-refractivity contribution in [1.29, 1.82) is 0 Å². The molecule has 0 aliphatic carbocycles. The molecular formula is C16H24N2O2. The van der Waals surface area contributed by atoms with Crippen molar-refractivity contribution in [3.8, 4) is 0 Å². The zero-order valence-electron chi connectivity index (χ0n) is 12.7. The van der Waals surface area contributed by atoms with Gasteiger partial charge in [0.25, 0.3) is 5.91 Å². The Morgan fingerprint density at radius 1 is 1.15 bits per heavy atom. The van der Waals surface area contributed by atoms with Crippen LogP contribution in [0.25, 0.3) is 0 Å². The van der Waals surface area contributed by atoms with Crippen LogP contribution in [0.3, 0.4) is 0 Å². The van der Waals surface area contributed by atoms with Crippen LogP contribution in [0.5, 0.6) is 0 Å². The van der Waals surface area contributed by atoms with E-state index < -0.39 is 0 Å². The lowest BCUT2D eigenvalue weighted by molar-refractivity contribution is -0.955. The number of hydroxylamine groups is 2. The molecule has 0 atom stereocenters. The second-order valence-corrected chi connectivity index (χ2v) is 7.04. The summed E-state index contributed by atoms with van der Waals surface area (Å²) < 4.78 is 0. The van der Waals surface area contributed by atoms with Crippen LogP contribution < -0.4 is 10.4 Å². The third-order valence-corrected chi connectivity index (χ3v) is 4.11. The van der Waals surface area contributed by atoms with E-state index in [1.807, 2.05) is 45.9 Å². The third-order valence-electron chi connectivity index (χ3n) is 4.11. The molecule has 0 unspecified atom stereocenters. The maximum absolute atomic E-state index is 12.4. The molecule has 0 aromatic heterocycles. The van der Waals surface area contributed by atoms with Crippen LogP contribution in [0.4, 0.5) is 0 Å². The van der Waals surface area contributed by atoms with Crippen LogP contribution in [0, 0.1) is 5.21 Å². The first kappa shape index (κ1) is 15.0. The highest BCUT2D eigenvalue weighted by Crippen LogP contribution is 2.23. The van der Waals surface area contributed by atoms with Crippen LogP contribution in [0.2, 0.25) is 0 Å². The topological polar surface area (TPSA) is 56.6 Å². The molecule has 0 saturated carbocycles. The smallest absolute Gasteiger partial charge is 0.251 e. The molecule has 1 fully saturated rings. The van der Waals surface area contributed by atoms with E-state index in [1.54, 1.807) is 12.1 Å². The van der Waals surface area contributed by atoms with E-state index >= 15 is 0 Å². The average molecular weight is 276 g/mol. The summed E-state index contributed by atoms with van der Waals surface area (Å²) in [6.07, 6.45) is 1.40. The molecule has 4 nitrogen and oxygen atoms in total. The molecule has 1 aromatic carbocycles. The van der Waals surface area contributed by atoms with Crippen molar-refractivity contribution in [3.63, 3.8) is 0 Å². The molecule has 2 N–H and O–H groups in total. The summed E-state index contributed by atoms with van der Waals surface area (Å²) in [5.74, 6) is -0.0588. The number of hydrogen-bond donors (Lipinski definition) is 2. The lowest BCUT2D eigenvalue weighted by Gasteiger charge is -2.54. The minimum absolute atomic E-state index is 0.0467. The summed E-state index contributed by atoms with van der Waals surface area (Å²) in [6, 6.07) is 9.26. The summed E-state index contributed by atoms with van der Waals surface area (Å²) in [5.41, 5.74) is -0.0905. The third kappa shape index (κ3) is 3.02. The van der Waals surface area contributed by atoms with Gasteiger partial charge in [0.05, 0.1) is 11.1 Å². The van der Waals surface area contributed by atoms with E-state index in [4.69, 9.17) is 0 Å². The largest absolute Gasteiger partial charge is 0.634 e. The Labute approximate surface area is 120 Å². The van der Waals surface area contributed by atoms with E-state index in [1.165, 1.54) is 0 Å². The molecular weight excluding hydrogens is 252 g/mol. The zero-order valence-corrected chi connectivity index (χ0v) is 12.7. The Morgan fingerprint density at radius 2 is 1.65 bits per heavy atom. The molecule has 4 heteroatoms. The molecule has 0 spiro atoms. The van der Waals surface area contributed by atoms with Gasteiger partial charge >= 0.3 is 0 Å². The van der Waals surface area contributed by atoms with Crippen molar-refractivity contribution >= 4 is 5.91 Å². The standard InChI is InChI=1S/C16H24N2O2/c1-15(2)10-13(11-16(3,4)18(15)20)17-14(19)12-8-6-5-7-9-12/h5-9,13,18H,10-11H2,1-4H3,(H,17,19). The van der Waals surface area contributed by atoms with E-state index in [0.717, 1.165) is 0 Å². The molecule has 20 heavy (non-hydrogen) atoms. The fourth-order valence-electron chi connectivity index (χ4n) is 3.37. The predicted molar refractivity (Wildman–Crippen MR) is 79.4 cm³/mol. The molecule has 1 saturated heterocycles. The minimum atomic E-state index is -0.379. The van der Waals surface area contributed by atoms with E-state index in [2.05, 4.69) is 5.32 Å². The Kier molecular flexibility index (Phi) is 3.89. The average Bonchev–Trinajstić information content (AvgIpc) is 2.36. The fourth-order valence-corrected chi connectivity index (χ4v) is 3.37. The Morgan fingerprint density at radius 3 is 2.15 bits per heavy atom. The summed E-state index contributed by atoms with van der Waals surface area (Å²) in [7, 11) is 0. The maximum Gasteiger partial charge on any atom is 0.251 e. The fraction of sp³-hybridized carbons (Fsp3) is 0.562. The summed E-state index contributed by atoms with van der Waals surface area (Å²) >= 11 is 0. The molecule has 1 aliphatic rings. The Balaban J connectivity index is 2.09. The Hall–Kier alpha value is -1.39. The van der Waals surface area contributed by atoms with Gasteiger partial charge in [-0.1, -0.05) is 18.2 Å². The number of quaternary nitrogens is 1. The van der Waals surface area contributed by atoms with Gasteiger partial charge in [-0.15, -0.1) is 0 Å². The molecule has 110 valence electrons. The van der Waals surface area contributed by atoms with Gasteiger partial charge in [-0.05, 0) is 39.8 Å². The molecule has 0 bridgehead atoms. The molecule has 1 aromatic rings. The van der Waals surface area contributed by atoms with Crippen molar-refractivity contribution in [3.05, 3.63) is 41.1 Å². The van der Waals surface area contributed by atoms with Crippen LogP contribution in [0.15, 0.2) is 30.3 Å². The zero-order chi connectivity index (χ0) is 15.0. The molecule has 2 rings (SSSR count). The monoisotopic (exact) mass is 276 g/mol. The van der Waals surface area contributed by atoms with Gasteiger partial charge in [0.15, 0.2) is 0 Å². The number of carbonyl (C=O) groups excluding carboxylic acids is 1. The number of piperidine rings is 1. The minimum Gasteiger partial charge on any atom is -0.634 e. The predicted octanol–water partition coefficient (Wildman–Crippen LogP) is 1.52. The van der Waals surface area contributed by atoms with Gasteiger partial charge in [-0.3, -0.25) is 4.79 Å². The van der Waals surface area contributed by atoms with Gasteiger partial charge in [0.1, 0.15) is 0 Å². The quantitative estimate of drug-likeness (QED) is 0.805. The first-order valence-corrected chi connectivity index (χ1v) is 7.13. The first-order valence-electron chi connectivity index (χ1n) is 7.13. The van der Waals surface area contributed by atoms with Crippen molar-refractivity contribution in [1.82, 2.24) is 5.32 Å². The van der Waals surface area contributed by atoms with Crippen molar-refractivity contribution < 1.29 is 9.86 Å². The number of carbonyl (C=O) groups is 1. The number of amides is 1. The summed E-state index contributed by atoms with van der Waals surface area (Å²) in [4.78, 5) is 12.2. The highest BCUT2D eigenvalue weighted by atomic mass is 16.5. The summed E-state index contributed by atoms with van der Waals surface area (Å²) in [6.45, 7) is 7.88. The normalized spacial score (nSPS) is 27.9. The molecule has 1 heterocycles. The van der Waals surface area contributed by atoms with Crippen LogP contribution in [-0.2, 0) is 0 Å². The van der Waals surface area contributed by atoms with Crippen LogP contribution in [-0.4, -0.2) is 23.0 Å². The van der Waals surface area contributed by atoms with Gasteiger partial charge < -0.3 is 15.6 Å². The summed E-state index contributed by atoms with van der Waals surface area (Å²) in [5, 5.41) is 15.7. The van der Waals surface area contributed by atoms with Crippen molar-refractivity contribution in [2.45, 2.75) is 57.7 Å². The van der Waals surface area contributed by atoms with Crippen molar-refractivity contribution in [2.24, 2.45) is 0 Å². The van der Waals surface area contributed by atoms with Crippen molar-refractivity contribution in [2.75, 3.05) is 0 Å². The van der Waals surface area contributed by atoms with Gasteiger partial charge in [-0.25, -0.2) is 0 Å². The molecule has 0 radical (unpaired) electrons. The second-order valence-electron chi connectivity index (χ2n) is 7.04. The number of nitrogens with one attached hydrogen (secondary N) is 2. The lowest BCUT2D eigenvalue weighted by Crippen LogP contribution is -3.23. The highest BCUT2D eigenvalue weighted by Gasteiger charge is 2.45. The number of benzene rings is 1. The van der Waals surface area contributed by atoms with E-state index in [-0.39, 0.29) is 28.1 Å². The van der Waals surface area contributed by atoms with Crippen LogP contribution >= 0.6 is 0 Å². The maximum atomic E-state index is 12.4. The number of hydrogen-bond acceptors (Lipinski definition) is 2. The van der Waals surface area contributed by atoms with Gasteiger partial charge in [0.2, 0.25) is 0 Å².